The SMILES string of the molecule is Cc1ccccc1[I+]c1ccc(C2CCCCC2)cc1.c1ccc([B-](c2ccccc2)(c2ccccc2)c2ccccc2)cc1. The highest BCUT2D eigenvalue weighted by Crippen LogP contribution is 2.32. The molecule has 224 valence electrons. The second kappa shape index (κ2) is 15.4. The minimum Gasteiger partial charge on any atom is -0.195 e. The molecule has 0 aromatic heterocycles. The number of benzene rings is 6. The largest absolute Gasteiger partial charge is 0.358 e. The molecule has 45 heavy (non-hydrogen) atoms. The zero-order valence-electron chi connectivity index (χ0n) is 26.2. The highest BCUT2D eigenvalue weighted by Gasteiger charge is 2.31. The van der Waals surface area contributed by atoms with Crippen LogP contribution in [-0.2, 0) is 0 Å². The summed E-state index contributed by atoms with van der Waals surface area (Å²) in [4.78, 5) is 0. The maximum Gasteiger partial charge on any atom is 0.358 e. The van der Waals surface area contributed by atoms with Gasteiger partial charge in [0.2, 0.25) is 0 Å². The molecular weight excluding hydrogens is 654 g/mol. The first-order valence-electron chi connectivity index (χ1n) is 16.4. The standard InChI is InChI=1S/C24H20B.C19H22I/c1-5-13-21(14-6-1)25(22-15-7-2-8-16-22,23-17-9-3-10-18-23)24-19-11-4-12-20-24;1-15-7-5-6-10-19(15)20-18-13-11-17(12-14-18)16-8-3-2-4-9-16/h1-20H;5-7,10-14,16H,2-4,8-9H2,1H3/q-1;+1. The van der Waals surface area contributed by atoms with Crippen LogP contribution in [0.4, 0.5) is 0 Å². The van der Waals surface area contributed by atoms with E-state index in [1.54, 1.807) is 9.13 Å². The van der Waals surface area contributed by atoms with E-state index < -0.39 is 6.15 Å². The van der Waals surface area contributed by atoms with Crippen LogP contribution in [0.2, 0.25) is 0 Å². The van der Waals surface area contributed by atoms with Crippen molar-refractivity contribution >= 4 is 28.0 Å². The van der Waals surface area contributed by atoms with Gasteiger partial charge in [0.1, 0.15) is 6.15 Å². The molecule has 0 nitrogen and oxygen atoms in total. The van der Waals surface area contributed by atoms with Crippen LogP contribution in [0.3, 0.4) is 0 Å². The van der Waals surface area contributed by atoms with Gasteiger partial charge in [0.15, 0.2) is 7.14 Å². The first-order valence-corrected chi connectivity index (χ1v) is 18.6. The van der Waals surface area contributed by atoms with Gasteiger partial charge in [-0.3, -0.25) is 0 Å². The number of aryl methyl sites for hydroxylation is 1. The van der Waals surface area contributed by atoms with Crippen molar-refractivity contribution in [3.05, 3.63) is 188 Å². The Bertz CT molecular complexity index is 1560. The van der Waals surface area contributed by atoms with Crippen molar-refractivity contribution < 1.29 is 21.2 Å². The quantitative estimate of drug-likeness (QED) is 0.159. The lowest BCUT2D eigenvalue weighted by molar-refractivity contribution is -0.598. The Labute approximate surface area is 280 Å². The Morgan fingerprint density at radius 1 is 0.444 bits per heavy atom. The highest BCUT2D eigenvalue weighted by molar-refractivity contribution is 7.19. The molecule has 0 radical (unpaired) electrons. The molecule has 0 heterocycles. The third-order valence-electron chi connectivity index (χ3n) is 9.43. The monoisotopic (exact) mass is 696 g/mol. The minimum atomic E-state index is -1.22. The fourth-order valence-electron chi connectivity index (χ4n) is 7.13. The summed E-state index contributed by atoms with van der Waals surface area (Å²) in [5, 5.41) is 0. The molecule has 1 aliphatic rings. The van der Waals surface area contributed by atoms with Crippen molar-refractivity contribution in [2.75, 3.05) is 0 Å². The Morgan fingerprint density at radius 3 is 1.27 bits per heavy atom. The molecule has 0 atom stereocenters. The van der Waals surface area contributed by atoms with Crippen LogP contribution in [0.1, 0.15) is 49.1 Å². The Kier molecular flexibility index (Phi) is 10.7. The van der Waals surface area contributed by atoms with Crippen molar-refractivity contribution in [2.24, 2.45) is 0 Å². The van der Waals surface area contributed by atoms with Gasteiger partial charge in [0, 0.05) is 5.56 Å². The third-order valence-corrected chi connectivity index (χ3v) is 12.6. The van der Waals surface area contributed by atoms with E-state index in [1.165, 1.54) is 63.1 Å². The molecule has 0 N–H and O–H groups in total. The van der Waals surface area contributed by atoms with E-state index in [2.05, 4.69) is 177 Å². The van der Waals surface area contributed by atoms with Crippen LogP contribution >= 0.6 is 0 Å². The second-order valence-electron chi connectivity index (χ2n) is 12.2. The predicted molar refractivity (Wildman–Crippen MR) is 191 cm³/mol. The average molecular weight is 697 g/mol. The molecule has 7 rings (SSSR count). The lowest BCUT2D eigenvalue weighted by Gasteiger charge is -2.44. The Hall–Kier alpha value is -3.89. The second-order valence-corrected chi connectivity index (χ2v) is 15.2. The van der Waals surface area contributed by atoms with Crippen LogP contribution in [-0.4, -0.2) is 6.15 Å². The lowest BCUT2D eigenvalue weighted by Crippen LogP contribution is -3.61. The van der Waals surface area contributed by atoms with Crippen molar-refractivity contribution in [3.8, 4) is 0 Å². The smallest absolute Gasteiger partial charge is 0.195 e. The lowest BCUT2D eigenvalue weighted by atomic mass is 9.13. The van der Waals surface area contributed by atoms with Crippen molar-refractivity contribution in [1.82, 2.24) is 0 Å². The molecule has 1 fully saturated rings. The number of halogens is 1. The molecule has 1 aliphatic carbocycles. The van der Waals surface area contributed by atoms with Crippen LogP contribution in [0.15, 0.2) is 170 Å². The fourth-order valence-corrected chi connectivity index (χ4v) is 9.51. The molecule has 1 saturated carbocycles. The van der Waals surface area contributed by atoms with Gasteiger partial charge in [-0.15, -0.1) is 0 Å². The van der Waals surface area contributed by atoms with Crippen LogP contribution in [0.5, 0.6) is 0 Å². The van der Waals surface area contributed by atoms with Gasteiger partial charge in [-0.25, -0.2) is 0 Å². The van der Waals surface area contributed by atoms with E-state index in [0.717, 1.165) is 5.92 Å². The van der Waals surface area contributed by atoms with Crippen molar-refractivity contribution in [1.29, 1.82) is 0 Å². The molecule has 0 unspecified atom stereocenters. The van der Waals surface area contributed by atoms with Crippen LogP contribution < -0.4 is 43.1 Å². The Balaban J connectivity index is 0.000000163. The number of rotatable bonds is 7. The van der Waals surface area contributed by atoms with Crippen LogP contribution in [0.25, 0.3) is 0 Å². The van der Waals surface area contributed by atoms with Gasteiger partial charge < -0.3 is 0 Å². The van der Waals surface area contributed by atoms with E-state index in [9.17, 15) is 0 Å². The molecule has 0 aliphatic heterocycles. The molecule has 0 bridgehead atoms. The van der Waals surface area contributed by atoms with Gasteiger partial charge in [0.05, 0.1) is 0 Å². The van der Waals surface area contributed by atoms with E-state index in [1.807, 2.05) is 0 Å². The summed E-state index contributed by atoms with van der Waals surface area (Å²) in [7, 11) is 0. The molecule has 6 aromatic carbocycles. The van der Waals surface area contributed by atoms with Crippen molar-refractivity contribution in [2.45, 2.75) is 44.9 Å². The van der Waals surface area contributed by atoms with Gasteiger partial charge in [-0.05, 0) is 49.4 Å². The number of hydrogen-bond acceptors (Lipinski definition) is 0. The molecule has 2 heteroatoms. The summed E-state index contributed by atoms with van der Waals surface area (Å²) < 4.78 is 3.09. The van der Waals surface area contributed by atoms with E-state index in [-0.39, 0.29) is 21.2 Å². The van der Waals surface area contributed by atoms with E-state index >= 15 is 0 Å². The zero-order chi connectivity index (χ0) is 30.7. The van der Waals surface area contributed by atoms with Gasteiger partial charge in [-0.1, -0.05) is 171 Å². The number of hydrogen-bond donors (Lipinski definition) is 0. The summed E-state index contributed by atoms with van der Waals surface area (Å²) in [5.74, 6) is 0.828. The minimum absolute atomic E-state index is 0.0244. The summed E-state index contributed by atoms with van der Waals surface area (Å²) in [6.45, 7) is 2.23. The van der Waals surface area contributed by atoms with Gasteiger partial charge >= 0.3 is 21.2 Å². The van der Waals surface area contributed by atoms with Crippen molar-refractivity contribution in [3.63, 3.8) is 0 Å². The maximum atomic E-state index is 2.39. The topological polar surface area (TPSA) is 0 Å². The Morgan fingerprint density at radius 2 is 0.844 bits per heavy atom. The molecule has 6 aromatic rings. The molecule has 0 spiro atoms. The van der Waals surface area contributed by atoms with E-state index in [4.69, 9.17) is 0 Å². The summed E-state index contributed by atoms with van der Waals surface area (Å²) in [5.41, 5.74) is 8.37. The normalized spacial score (nSPS) is 13.4. The highest BCUT2D eigenvalue weighted by atomic mass is 127. The first kappa shape index (κ1) is 31.1. The van der Waals surface area contributed by atoms with Crippen LogP contribution in [0, 0.1) is 14.1 Å². The fraction of sp³-hybridized carbons (Fsp3) is 0.163. The predicted octanol–water partition coefficient (Wildman–Crippen LogP) is 5.24. The van der Waals surface area contributed by atoms with Gasteiger partial charge in [0.25, 0.3) is 0 Å². The molecule has 0 amide bonds. The summed E-state index contributed by atoms with van der Waals surface area (Å²) in [6, 6.07) is 61.9. The molecular formula is C43H42BI. The maximum absolute atomic E-state index is 2.39. The first-order chi connectivity index (χ1) is 22.2. The zero-order valence-corrected chi connectivity index (χ0v) is 28.4. The van der Waals surface area contributed by atoms with Gasteiger partial charge in [-0.2, -0.15) is 21.9 Å². The third kappa shape index (κ3) is 7.34. The average Bonchev–Trinajstić information content (AvgIpc) is 3.13. The summed E-state index contributed by atoms with van der Waals surface area (Å²) in [6.07, 6.45) is 5.85. The summed E-state index contributed by atoms with van der Waals surface area (Å²) >= 11 is -0.0244. The van der Waals surface area contributed by atoms with E-state index in [0.29, 0.717) is 0 Å². The molecule has 0 saturated heterocycles.